The highest BCUT2D eigenvalue weighted by Crippen LogP contribution is 2.20. The molecule has 0 atom stereocenters. The first-order chi connectivity index (χ1) is 11.3. The van der Waals surface area contributed by atoms with E-state index in [9.17, 15) is 9.59 Å². The molecule has 0 saturated heterocycles. The third-order valence-electron chi connectivity index (χ3n) is 3.49. The smallest absolute Gasteiger partial charge is 0.322 e. The Balaban J connectivity index is 1.89. The number of nitrogens with one attached hydrogen (secondary N) is 2. The van der Waals surface area contributed by atoms with Gasteiger partial charge in [-0.3, -0.25) is 4.79 Å². The summed E-state index contributed by atoms with van der Waals surface area (Å²) in [6, 6.07) is 12.3. The molecule has 0 aliphatic heterocycles. The Bertz CT molecular complexity index is 744. The molecule has 2 N–H and O–H groups in total. The lowest BCUT2D eigenvalue weighted by molar-refractivity contribution is -0.116. The molecule has 2 aromatic carbocycles. The van der Waals surface area contributed by atoms with Crippen LogP contribution in [0.2, 0.25) is 5.02 Å². The number of aryl methyl sites for hydroxylation is 2. The standard InChI is InChI=1S/C18H20ClN3O2/c1-12-4-7-14(8-5-12)20-17(23)11-22(3)18(24)21-15-9-6-13(2)16(19)10-15/h4-10H,11H2,1-3H3,(H,20,23)(H,21,24). The Morgan fingerprint density at radius 2 is 1.62 bits per heavy atom. The van der Waals surface area contributed by atoms with E-state index in [0.29, 0.717) is 16.4 Å². The van der Waals surface area contributed by atoms with Gasteiger partial charge in [-0.2, -0.15) is 0 Å². The predicted molar refractivity (Wildman–Crippen MR) is 97.6 cm³/mol. The lowest BCUT2D eigenvalue weighted by atomic mass is 10.2. The number of anilines is 2. The Labute approximate surface area is 146 Å². The van der Waals surface area contributed by atoms with Crippen LogP contribution >= 0.6 is 11.6 Å². The summed E-state index contributed by atoms with van der Waals surface area (Å²) in [4.78, 5) is 25.4. The van der Waals surface area contributed by atoms with Crippen molar-refractivity contribution in [1.29, 1.82) is 0 Å². The number of hydrogen-bond donors (Lipinski definition) is 2. The Morgan fingerprint density at radius 3 is 2.25 bits per heavy atom. The molecule has 0 unspecified atom stereocenters. The monoisotopic (exact) mass is 345 g/mol. The van der Waals surface area contributed by atoms with Crippen molar-refractivity contribution >= 4 is 34.9 Å². The second-order valence-corrected chi connectivity index (χ2v) is 6.07. The Hall–Kier alpha value is -2.53. The summed E-state index contributed by atoms with van der Waals surface area (Å²) in [7, 11) is 1.56. The number of carbonyl (C=O) groups is 2. The molecular weight excluding hydrogens is 326 g/mol. The molecule has 6 heteroatoms. The van der Waals surface area contributed by atoms with Gasteiger partial charge < -0.3 is 15.5 Å². The number of hydrogen-bond acceptors (Lipinski definition) is 2. The first-order valence-electron chi connectivity index (χ1n) is 7.50. The van der Waals surface area contributed by atoms with Crippen molar-refractivity contribution in [3.05, 3.63) is 58.6 Å². The molecule has 0 heterocycles. The second-order valence-electron chi connectivity index (χ2n) is 5.66. The predicted octanol–water partition coefficient (Wildman–Crippen LogP) is 4.06. The molecular formula is C18H20ClN3O2. The number of halogens is 1. The molecule has 0 radical (unpaired) electrons. The quantitative estimate of drug-likeness (QED) is 0.877. The molecule has 126 valence electrons. The fourth-order valence-corrected chi connectivity index (χ4v) is 2.19. The van der Waals surface area contributed by atoms with E-state index in [2.05, 4.69) is 10.6 Å². The van der Waals surface area contributed by atoms with Crippen LogP contribution in [0.4, 0.5) is 16.2 Å². The molecule has 2 rings (SSSR count). The normalized spacial score (nSPS) is 10.2. The van der Waals surface area contributed by atoms with E-state index in [1.165, 1.54) is 4.90 Å². The van der Waals surface area contributed by atoms with E-state index >= 15 is 0 Å². The molecule has 0 aliphatic carbocycles. The van der Waals surface area contributed by atoms with E-state index in [4.69, 9.17) is 11.6 Å². The summed E-state index contributed by atoms with van der Waals surface area (Å²) in [6.07, 6.45) is 0. The van der Waals surface area contributed by atoms with Crippen molar-refractivity contribution in [2.45, 2.75) is 13.8 Å². The SMILES string of the molecule is Cc1ccc(NC(=O)CN(C)C(=O)Nc2ccc(C)c(Cl)c2)cc1. The number of benzene rings is 2. The lowest BCUT2D eigenvalue weighted by Gasteiger charge is -2.18. The lowest BCUT2D eigenvalue weighted by Crippen LogP contribution is -2.37. The Kier molecular flexibility index (Phi) is 5.82. The zero-order valence-corrected chi connectivity index (χ0v) is 14.6. The first kappa shape index (κ1) is 17.8. The van der Waals surface area contributed by atoms with Gasteiger partial charge in [0.1, 0.15) is 6.54 Å². The molecule has 24 heavy (non-hydrogen) atoms. The number of amides is 3. The molecule has 0 fully saturated rings. The summed E-state index contributed by atoms with van der Waals surface area (Å²) in [5.41, 5.74) is 3.33. The van der Waals surface area contributed by atoms with Crippen LogP contribution in [0.1, 0.15) is 11.1 Å². The zero-order chi connectivity index (χ0) is 17.7. The van der Waals surface area contributed by atoms with E-state index in [1.54, 1.807) is 19.2 Å². The molecule has 0 bridgehead atoms. The molecule has 5 nitrogen and oxygen atoms in total. The Morgan fingerprint density at radius 1 is 1.00 bits per heavy atom. The van der Waals surface area contributed by atoms with E-state index < -0.39 is 0 Å². The molecule has 0 aromatic heterocycles. The van der Waals surface area contributed by atoms with Crippen LogP contribution < -0.4 is 10.6 Å². The van der Waals surface area contributed by atoms with E-state index in [1.807, 2.05) is 44.2 Å². The van der Waals surface area contributed by atoms with Crippen LogP contribution in [-0.2, 0) is 4.79 Å². The van der Waals surface area contributed by atoms with Gasteiger partial charge in [0.2, 0.25) is 5.91 Å². The van der Waals surface area contributed by atoms with Crippen molar-refractivity contribution in [2.75, 3.05) is 24.2 Å². The maximum Gasteiger partial charge on any atom is 0.322 e. The van der Waals surface area contributed by atoms with Gasteiger partial charge in [0.15, 0.2) is 0 Å². The maximum atomic E-state index is 12.1. The topological polar surface area (TPSA) is 61.4 Å². The number of carbonyl (C=O) groups excluding carboxylic acids is 2. The van der Waals surface area contributed by atoms with Gasteiger partial charge in [-0.25, -0.2) is 4.79 Å². The minimum absolute atomic E-state index is 0.0562. The van der Waals surface area contributed by atoms with E-state index in [0.717, 1.165) is 11.1 Å². The van der Waals surface area contributed by atoms with Crippen LogP contribution in [0, 0.1) is 13.8 Å². The fraction of sp³-hybridized carbons (Fsp3) is 0.222. The minimum Gasteiger partial charge on any atom is -0.325 e. The summed E-state index contributed by atoms with van der Waals surface area (Å²) in [6.45, 7) is 3.80. The van der Waals surface area contributed by atoms with Gasteiger partial charge in [0.05, 0.1) is 0 Å². The van der Waals surface area contributed by atoms with Crippen molar-refractivity contribution in [3.8, 4) is 0 Å². The van der Waals surface area contributed by atoms with Gasteiger partial charge in [0.25, 0.3) is 0 Å². The van der Waals surface area contributed by atoms with Gasteiger partial charge in [-0.15, -0.1) is 0 Å². The van der Waals surface area contributed by atoms with E-state index in [-0.39, 0.29) is 18.5 Å². The largest absolute Gasteiger partial charge is 0.325 e. The molecule has 2 aromatic rings. The first-order valence-corrected chi connectivity index (χ1v) is 7.88. The van der Waals surface area contributed by atoms with Gasteiger partial charge in [-0.05, 0) is 43.7 Å². The molecule has 3 amide bonds. The number of nitrogens with zero attached hydrogens (tertiary/aromatic N) is 1. The van der Waals surface area contributed by atoms with Gasteiger partial charge >= 0.3 is 6.03 Å². The van der Waals surface area contributed by atoms with Crippen molar-refractivity contribution in [2.24, 2.45) is 0 Å². The maximum absolute atomic E-state index is 12.1. The summed E-state index contributed by atoms with van der Waals surface area (Å²) < 4.78 is 0. The zero-order valence-electron chi connectivity index (χ0n) is 13.9. The number of urea groups is 1. The van der Waals surface area contributed by atoms with Gasteiger partial charge in [0, 0.05) is 23.4 Å². The highest BCUT2D eigenvalue weighted by Gasteiger charge is 2.13. The molecule has 0 spiro atoms. The van der Waals surface area contributed by atoms with Crippen LogP contribution in [0.15, 0.2) is 42.5 Å². The number of likely N-dealkylation sites (N-methyl/N-ethyl adjacent to an activating group) is 1. The van der Waals surface area contributed by atoms with Crippen molar-refractivity contribution < 1.29 is 9.59 Å². The van der Waals surface area contributed by atoms with Gasteiger partial charge in [-0.1, -0.05) is 35.4 Å². The molecule has 0 saturated carbocycles. The summed E-state index contributed by atoms with van der Waals surface area (Å²) in [5, 5.41) is 6.04. The minimum atomic E-state index is -0.381. The van der Waals surface area contributed by atoms with Crippen molar-refractivity contribution in [3.63, 3.8) is 0 Å². The van der Waals surface area contributed by atoms with Crippen LogP contribution in [0.25, 0.3) is 0 Å². The average Bonchev–Trinajstić information content (AvgIpc) is 2.53. The van der Waals surface area contributed by atoms with Crippen LogP contribution in [0.5, 0.6) is 0 Å². The van der Waals surface area contributed by atoms with Crippen LogP contribution in [-0.4, -0.2) is 30.4 Å². The molecule has 0 aliphatic rings. The highest BCUT2D eigenvalue weighted by atomic mass is 35.5. The number of rotatable bonds is 4. The average molecular weight is 346 g/mol. The third kappa shape index (κ3) is 4.99. The summed E-state index contributed by atoms with van der Waals surface area (Å²) >= 11 is 6.03. The second kappa shape index (κ2) is 7.84. The fourth-order valence-electron chi connectivity index (χ4n) is 2.01. The van der Waals surface area contributed by atoms with Crippen molar-refractivity contribution in [1.82, 2.24) is 4.90 Å². The summed E-state index contributed by atoms with van der Waals surface area (Å²) in [5.74, 6) is -0.265. The third-order valence-corrected chi connectivity index (χ3v) is 3.89. The highest BCUT2D eigenvalue weighted by molar-refractivity contribution is 6.31. The van der Waals surface area contributed by atoms with Crippen LogP contribution in [0.3, 0.4) is 0 Å².